The third-order valence-corrected chi connectivity index (χ3v) is 2.89. The zero-order chi connectivity index (χ0) is 8.89. The minimum atomic E-state index is -0.684. The number of benzene rings is 1. The van der Waals surface area contributed by atoms with Gasteiger partial charge in [0, 0.05) is 12.0 Å². The monoisotopic (exact) mass is 177 g/mol. The first kappa shape index (κ1) is 7.50. The largest absolute Gasteiger partial charge is 0.347 e. The van der Waals surface area contributed by atoms with Crippen LogP contribution in [0.15, 0.2) is 24.3 Å². The summed E-state index contributed by atoms with van der Waals surface area (Å²) in [5.41, 5.74) is 7.77. The van der Waals surface area contributed by atoms with Crippen molar-refractivity contribution in [3.05, 3.63) is 35.4 Å². The van der Waals surface area contributed by atoms with E-state index in [1.54, 1.807) is 0 Å². The number of hydrogen-bond acceptors (Lipinski definition) is 3. The Labute approximate surface area is 76.4 Å². The number of fused-ring (bicyclic) bond motifs is 3. The van der Waals surface area contributed by atoms with Crippen LogP contribution >= 0.6 is 0 Å². The van der Waals surface area contributed by atoms with Gasteiger partial charge in [-0.2, -0.15) is 0 Å². The molecule has 1 aliphatic carbocycles. The van der Waals surface area contributed by atoms with Gasteiger partial charge < -0.3 is 9.47 Å². The van der Waals surface area contributed by atoms with E-state index in [0.29, 0.717) is 6.79 Å². The fourth-order valence-corrected chi connectivity index (χ4v) is 2.17. The molecule has 0 saturated carbocycles. The SMILES string of the molecule is NC12OCOC1Cc1ccccc12. The molecule has 1 aromatic carbocycles. The van der Waals surface area contributed by atoms with Gasteiger partial charge in [0.1, 0.15) is 12.9 Å². The summed E-state index contributed by atoms with van der Waals surface area (Å²) >= 11 is 0. The Morgan fingerprint density at radius 2 is 2.23 bits per heavy atom. The molecule has 3 nitrogen and oxygen atoms in total. The van der Waals surface area contributed by atoms with Crippen LogP contribution in [-0.4, -0.2) is 12.9 Å². The Morgan fingerprint density at radius 3 is 3.15 bits per heavy atom. The van der Waals surface area contributed by atoms with Crippen molar-refractivity contribution in [2.45, 2.75) is 18.2 Å². The van der Waals surface area contributed by atoms with Gasteiger partial charge in [-0.25, -0.2) is 0 Å². The molecular formula is C10H11NO2. The minimum absolute atomic E-state index is 0.00454. The second-order valence-electron chi connectivity index (χ2n) is 3.57. The number of hydrogen-bond donors (Lipinski definition) is 1. The standard InChI is InChI=1S/C10H11NO2/c11-10-8-4-2-1-3-7(8)5-9(10)12-6-13-10/h1-4,9H,5-6,11H2. The maximum Gasteiger partial charge on any atom is 0.172 e. The Morgan fingerprint density at radius 1 is 1.38 bits per heavy atom. The quantitative estimate of drug-likeness (QED) is 0.635. The number of nitrogens with two attached hydrogens (primary N) is 1. The topological polar surface area (TPSA) is 44.5 Å². The van der Waals surface area contributed by atoms with E-state index in [1.807, 2.05) is 18.2 Å². The van der Waals surface area contributed by atoms with Gasteiger partial charge in [-0.15, -0.1) is 0 Å². The average molecular weight is 177 g/mol. The van der Waals surface area contributed by atoms with Gasteiger partial charge in [0.05, 0.1) is 0 Å². The van der Waals surface area contributed by atoms with Crippen molar-refractivity contribution in [3.8, 4) is 0 Å². The predicted molar refractivity (Wildman–Crippen MR) is 46.8 cm³/mol. The molecule has 3 heteroatoms. The van der Waals surface area contributed by atoms with Gasteiger partial charge >= 0.3 is 0 Å². The van der Waals surface area contributed by atoms with Crippen LogP contribution < -0.4 is 5.73 Å². The Balaban J connectivity index is 2.17. The van der Waals surface area contributed by atoms with Crippen LogP contribution in [-0.2, 0) is 21.6 Å². The van der Waals surface area contributed by atoms with Crippen LogP contribution in [0.1, 0.15) is 11.1 Å². The Hall–Kier alpha value is -0.900. The minimum Gasteiger partial charge on any atom is -0.347 e. The van der Waals surface area contributed by atoms with Crippen LogP contribution in [0.4, 0.5) is 0 Å². The molecule has 0 bridgehead atoms. The maximum atomic E-state index is 6.13. The highest BCUT2D eigenvalue weighted by atomic mass is 16.7. The van der Waals surface area contributed by atoms with Gasteiger partial charge in [-0.05, 0) is 5.56 Å². The van der Waals surface area contributed by atoms with Crippen molar-refractivity contribution in [2.75, 3.05) is 6.79 Å². The number of rotatable bonds is 0. The fraction of sp³-hybridized carbons (Fsp3) is 0.400. The summed E-state index contributed by atoms with van der Waals surface area (Å²) in [5.74, 6) is 0. The second kappa shape index (κ2) is 2.32. The Bertz CT molecular complexity index is 353. The second-order valence-corrected chi connectivity index (χ2v) is 3.57. The molecular weight excluding hydrogens is 166 g/mol. The van der Waals surface area contributed by atoms with Gasteiger partial charge in [0.2, 0.25) is 0 Å². The van der Waals surface area contributed by atoms with Crippen molar-refractivity contribution in [1.29, 1.82) is 0 Å². The molecule has 3 rings (SSSR count). The molecule has 1 aliphatic heterocycles. The summed E-state index contributed by atoms with van der Waals surface area (Å²) in [6.45, 7) is 0.315. The third kappa shape index (κ3) is 0.839. The zero-order valence-electron chi connectivity index (χ0n) is 7.19. The lowest BCUT2D eigenvalue weighted by Crippen LogP contribution is -2.42. The first-order valence-electron chi connectivity index (χ1n) is 4.43. The molecule has 0 amide bonds. The van der Waals surface area contributed by atoms with Gasteiger partial charge in [-0.3, -0.25) is 5.73 Å². The van der Waals surface area contributed by atoms with E-state index in [-0.39, 0.29) is 6.10 Å². The number of ether oxygens (including phenoxy) is 2. The zero-order valence-corrected chi connectivity index (χ0v) is 7.19. The summed E-state index contributed by atoms with van der Waals surface area (Å²) in [5, 5.41) is 0. The van der Waals surface area contributed by atoms with Crippen molar-refractivity contribution in [1.82, 2.24) is 0 Å². The third-order valence-electron chi connectivity index (χ3n) is 2.89. The highest BCUT2D eigenvalue weighted by molar-refractivity contribution is 5.39. The van der Waals surface area contributed by atoms with E-state index in [2.05, 4.69) is 6.07 Å². The van der Waals surface area contributed by atoms with Crippen LogP contribution in [0.5, 0.6) is 0 Å². The fourth-order valence-electron chi connectivity index (χ4n) is 2.17. The molecule has 2 aliphatic rings. The molecule has 13 heavy (non-hydrogen) atoms. The summed E-state index contributed by atoms with van der Waals surface area (Å²) in [4.78, 5) is 0. The molecule has 2 N–H and O–H groups in total. The average Bonchev–Trinajstić information content (AvgIpc) is 2.60. The van der Waals surface area contributed by atoms with Gasteiger partial charge in [-0.1, -0.05) is 24.3 Å². The van der Waals surface area contributed by atoms with Crippen molar-refractivity contribution >= 4 is 0 Å². The predicted octanol–water partition coefficient (Wildman–Crippen LogP) is 0.727. The molecule has 68 valence electrons. The molecule has 1 heterocycles. The highest BCUT2D eigenvalue weighted by Crippen LogP contribution is 2.40. The molecule has 0 aromatic heterocycles. The Kier molecular flexibility index (Phi) is 1.34. The van der Waals surface area contributed by atoms with Crippen molar-refractivity contribution in [3.63, 3.8) is 0 Å². The summed E-state index contributed by atoms with van der Waals surface area (Å²) < 4.78 is 10.9. The maximum absolute atomic E-state index is 6.13. The molecule has 1 saturated heterocycles. The molecule has 2 atom stereocenters. The molecule has 0 radical (unpaired) electrons. The van der Waals surface area contributed by atoms with Crippen LogP contribution in [0.25, 0.3) is 0 Å². The summed E-state index contributed by atoms with van der Waals surface area (Å²) in [7, 11) is 0. The molecule has 1 aromatic rings. The van der Waals surface area contributed by atoms with Gasteiger partial charge in [0.15, 0.2) is 5.72 Å². The normalized spacial score (nSPS) is 35.9. The highest BCUT2D eigenvalue weighted by Gasteiger charge is 2.49. The lowest BCUT2D eigenvalue weighted by atomic mass is 10.1. The van der Waals surface area contributed by atoms with Crippen LogP contribution in [0, 0.1) is 0 Å². The van der Waals surface area contributed by atoms with Crippen molar-refractivity contribution in [2.24, 2.45) is 5.73 Å². The van der Waals surface area contributed by atoms with E-state index in [1.165, 1.54) is 5.56 Å². The summed E-state index contributed by atoms with van der Waals surface area (Å²) in [6, 6.07) is 8.10. The van der Waals surface area contributed by atoms with Gasteiger partial charge in [0.25, 0.3) is 0 Å². The van der Waals surface area contributed by atoms with E-state index in [4.69, 9.17) is 15.2 Å². The first-order chi connectivity index (χ1) is 6.31. The van der Waals surface area contributed by atoms with Crippen LogP contribution in [0.2, 0.25) is 0 Å². The molecule has 0 spiro atoms. The molecule has 2 unspecified atom stereocenters. The van der Waals surface area contributed by atoms with E-state index in [0.717, 1.165) is 12.0 Å². The lowest BCUT2D eigenvalue weighted by Gasteiger charge is -2.21. The molecule has 1 fully saturated rings. The van der Waals surface area contributed by atoms with E-state index >= 15 is 0 Å². The van der Waals surface area contributed by atoms with E-state index in [9.17, 15) is 0 Å². The first-order valence-corrected chi connectivity index (χ1v) is 4.43. The van der Waals surface area contributed by atoms with E-state index < -0.39 is 5.72 Å². The van der Waals surface area contributed by atoms with Crippen molar-refractivity contribution < 1.29 is 9.47 Å². The summed E-state index contributed by atoms with van der Waals surface area (Å²) in [6.07, 6.45) is 0.872. The smallest absolute Gasteiger partial charge is 0.172 e. The lowest BCUT2D eigenvalue weighted by molar-refractivity contribution is -0.00788. The van der Waals surface area contributed by atoms with Crippen LogP contribution in [0.3, 0.4) is 0 Å².